The third kappa shape index (κ3) is 3.33. The van der Waals surface area contributed by atoms with Crippen molar-refractivity contribution in [3.63, 3.8) is 0 Å². The minimum atomic E-state index is -0.261. The van der Waals surface area contributed by atoms with E-state index in [1.807, 2.05) is 32.0 Å². The Balaban J connectivity index is 2.11. The summed E-state index contributed by atoms with van der Waals surface area (Å²) in [6.07, 6.45) is 0. The lowest BCUT2D eigenvalue weighted by molar-refractivity contribution is 0.303. The van der Waals surface area contributed by atoms with E-state index < -0.39 is 0 Å². The molecule has 0 saturated heterocycles. The van der Waals surface area contributed by atoms with Crippen molar-refractivity contribution in [3.8, 4) is 5.75 Å². The molecule has 0 fully saturated rings. The van der Waals surface area contributed by atoms with Gasteiger partial charge in [-0.1, -0.05) is 33.6 Å². The predicted molar refractivity (Wildman–Crippen MR) is 74.3 cm³/mol. The molecule has 0 bridgehead atoms. The van der Waals surface area contributed by atoms with Crippen LogP contribution < -0.4 is 4.74 Å². The average Bonchev–Trinajstić information content (AvgIpc) is 2.26. The monoisotopic (exact) mass is 308 g/mol. The van der Waals surface area contributed by atoms with Gasteiger partial charge in [0.1, 0.15) is 18.2 Å². The molecule has 0 amide bonds. The van der Waals surface area contributed by atoms with Gasteiger partial charge < -0.3 is 4.74 Å². The highest BCUT2D eigenvalue weighted by molar-refractivity contribution is 9.10. The summed E-state index contributed by atoms with van der Waals surface area (Å²) in [5.74, 6) is 0.574. The molecule has 0 N–H and O–H groups in total. The average molecular weight is 309 g/mol. The zero-order chi connectivity index (χ0) is 13.1. The van der Waals surface area contributed by atoms with Crippen LogP contribution in [-0.2, 0) is 6.61 Å². The summed E-state index contributed by atoms with van der Waals surface area (Å²) >= 11 is 3.27. The first-order valence-corrected chi connectivity index (χ1v) is 6.49. The van der Waals surface area contributed by atoms with Crippen LogP contribution in [-0.4, -0.2) is 0 Å². The maximum absolute atomic E-state index is 13.2. The Morgan fingerprint density at radius 1 is 1.11 bits per heavy atom. The van der Waals surface area contributed by atoms with Crippen molar-refractivity contribution < 1.29 is 9.13 Å². The zero-order valence-electron chi connectivity index (χ0n) is 10.3. The fourth-order valence-corrected chi connectivity index (χ4v) is 2.33. The second-order valence-electron chi connectivity index (χ2n) is 4.34. The topological polar surface area (TPSA) is 9.23 Å². The quantitative estimate of drug-likeness (QED) is 0.792. The molecular formula is C15H14BrFO. The molecule has 1 nitrogen and oxygen atoms in total. The van der Waals surface area contributed by atoms with Crippen LogP contribution in [0.4, 0.5) is 4.39 Å². The van der Waals surface area contributed by atoms with Crippen LogP contribution in [0.25, 0.3) is 0 Å². The molecule has 0 aliphatic carbocycles. The van der Waals surface area contributed by atoms with Crippen molar-refractivity contribution in [1.82, 2.24) is 0 Å². The molecule has 2 aromatic rings. The third-order valence-corrected chi connectivity index (χ3v) is 3.10. The van der Waals surface area contributed by atoms with Gasteiger partial charge in [-0.25, -0.2) is 4.39 Å². The van der Waals surface area contributed by atoms with E-state index in [1.165, 1.54) is 17.7 Å². The summed E-state index contributed by atoms with van der Waals surface area (Å²) in [7, 11) is 0. The molecule has 0 spiro atoms. The van der Waals surface area contributed by atoms with Crippen LogP contribution in [0.5, 0.6) is 5.75 Å². The van der Waals surface area contributed by atoms with Crippen molar-refractivity contribution in [2.75, 3.05) is 0 Å². The molecule has 3 heteroatoms. The van der Waals surface area contributed by atoms with E-state index in [0.29, 0.717) is 6.61 Å². The van der Waals surface area contributed by atoms with Crippen LogP contribution in [0.1, 0.15) is 16.7 Å². The number of aryl methyl sites for hydroxylation is 2. The fraction of sp³-hybridized carbons (Fsp3) is 0.200. The van der Waals surface area contributed by atoms with Crippen molar-refractivity contribution >= 4 is 15.9 Å². The van der Waals surface area contributed by atoms with Crippen molar-refractivity contribution in [2.24, 2.45) is 0 Å². The minimum Gasteiger partial charge on any atom is -0.489 e. The Morgan fingerprint density at radius 2 is 1.89 bits per heavy atom. The molecular weight excluding hydrogens is 295 g/mol. The summed E-state index contributed by atoms with van der Waals surface area (Å²) < 4.78 is 19.6. The predicted octanol–water partition coefficient (Wildman–Crippen LogP) is 4.78. The number of benzene rings is 2. The Bertz CT molecular complexity index is 546. The molecule has 0 radical (unpaired) electrons. The second-order valence-corrected chi connectivity index (χ2v) is 5.25. The molecule has 0 aromatic heterocycles. The van der Waals surface area contributed by atoms with Crippen LogP contribution in [0.3, 0.4) is 0 Å². The summed E-state index contributed by atoms with van der Waals surface area (Å²) in [6, 6.07) is 10.8. The van der Waals surface area contributed by atoms with Crippen molar-refractivity contribution in [2.45, 2.75) is 20.5 Å². The number of rotatable bonds is 3. The van der Waals surface area contributed by atoms with Crippen LogP contribution >= 0.6 is 15.9 Å². The van der Waals surface area contributed by atoms with E-state index in [2.05, 4.69) is 22.0 Å². The van der Waals surface area contributed by atoms with Gasteiger partial charge in [-0.05, 0) is 49.2 Å². The maximum Gasteiger partial charge on any atom is 0.124 e. The van der Waals surface area contributed by atoms with Crippen LogP contribution in [0.2, 0.25) is 0 Å². The largest absolute Gasteiger partial charge is 0.489 e. The molecule has 0 saturated carbocycles. The van der Waals surface area contributed by atoms with Gasteiger partial charge >= 0.3 is 0 Å². The van der Waals surface area contributed by atoms with E-state index in [1.54, 1.807) is 0 Å². The highest BCUT2D eigenvalue weighted by atomic mass is 79.9. The van der Waals surface area contributed by atoms with E-state index in [0.717, 1.165) is 21.3 Å². The van der Waals surface area contributed by atoms with E-state index >= 15 is 0 Å². The van der Waals surface area contributed by atoms with Crippen molar-refractivity contribution in [1.29, 1.82) is 0 Å². The third-order valence-electron chi connectivity index (χ3n) is 2.65. The van der Waals surface area contributed by atoms with E-state index in [4.69, 9.17) is 4.74 Å². The lowest BCUT2D eigenvalue weighted by Gasteiger charge is -2.10. The summed E-state index contributed by atoms with van der Waals surface area (Å²) in [5.41, 5.74) is 3.10. The molecule has 0 atom stereocenters. The molecule has 0 heterocycles. The Morgan fingerprint density at radius 3 is 2.56 bits per heavy atom. The van der Waals surface area contributed by atoms with E-state index in [-0.39, 0.29) is 5.82 Å². The lowest BCUT2D eigenvalue weighted by atomic mass is 10.1. The first-order chi connectivity index (χ1) is 8.54. The smallest absolute Gasteiger partial charge is 0.124 e. The Hall–Kier alpha value is -1.35. The van der Waals surface area contributed by atoms with Crippen LogP contribution in [0, 0.1) is 19.7 Å². The molecule has 0 aliphatic rings. The van der Waals surface area contributed by atoms with Gasteiger partial charge in [0, 0.05) is 4.47 Å². The zero-order valence-corrected chi connectivity index (χ0v) is 11.9. The van der Waals surface area contributed by atoms with E-state index in [9.17, 15) is 4.39 Å². The first kappa shape index (κ1) is 13.1. The lowest BCUT2D eigenvalue weighted by Crippen LogP contribution is -1.98. The van der Waals surface area contributed by atoms with Gasteiger partial charge in [-0.3, -0.25) is 0 Å². The summed E-state index contributed by atoms with van der Waals surface area (Å²) in [5, 5.41) is 0. The number of hydrogen-bond acceptors (Lipinski definition) is 1. The minimum absolute atomic E-state index is 0.261. The van der Waals surface area contributed by atoms with Gasteiger partial charge in [0.05, 0.1) is 0 Å². The van der Waals surface area contributed by atoms with Gasteiger partial charge in [0.15, 0.2) is 0 Å². The maximum atomic E-state index is 13.2. The van der Waals surface area contributed by atoms with Crippen LogP contribution in [0.15, 0.2) is 40.9 Å². The highest BCUT2D eigenvalue weighted by Gasteiger charge is 2.03. The fourth-order valence-electron chi connectivity index (χ4n) is 1.82. The molecule has 2 aromatic carbocycles. The molecule has 0 aliphatic heterocycles. The molecule has 94 valence electrons. The molecule has 18 heavy (non-hydrogen) atoms. The summed E-state index contributed by atoms with van der Waals surface area (Å²) in [4.78, 5) is 0. The van der Waals surface area contributed by atoms with Gasteiger partial charge in [0.25, 0.3) is 0 Å². The Kier molecular flexibility index (Phi) is 4.02. The first-order valence-electron chi connectivity index (χ1n) is 5.69. The van der Waals surface area contributed by atoms with Gasteiger partial charge in [0.2, 0.25) is 0 Å². The highest BCUT2D eigenvalue weighted by Crippen LogP contribution is 2.21. The normalized spacial score (nSPS) is 10.4. The van der Waals surface area contributed by atoms with Crippen molar-refractivity contribution in [3.05, 3.63) is 63.4 Å². The second kappa shape index (κ2) is 5.53. The molecule has 0 unspecified atom stereocenters. The molecule has 2 rings (SSSR count). The Labute approximate surface area is 115 Å². The summed E-state index contributed by atoms with van der Waals surface area (Å²) in [6.45, 7) is 4.41. The van der Waals surface area contributed by atoms with Gasteiger partial charge in [-0.15, -0.1) is 0 Å². The standard InChI is InChI=1S/C15H14BrFO/c1-10-3-4-15(11(2)5-10)18-9-12-6-13(16)8-14(17)7-12/h3-8H,9H2,1-2H3. The SMILES string of the molecule is Cc1ccc(OCc2cc(F)cc(Br)c2)c(C)c1. The number of hydrogen-bond donors (Lipinski definition) is 0. The number of halogens is 2. The van der Waals surface area contributed by atoms with Gasteiger partial charge in [-0.2, -0.15) is 0 Å². The number of ether oxygens (including phenoxy) is 1.